The predicted molar refractivity (Wildman–Crippen MR) is 107 cm³/mol. The van der Waals surface area contributed by atoms with Crippen LogP contribution in [0.1, 0.15) is 61.3 Å². The van der Waals surface area contributed by atoms with Crippen LogP contribution in [-0.2, 0) is 23.1 Å². The van der Waals surface area contributed by atoms with Gasteiger partial charge in [-0.15, -0.1) is 0 Å². The molecular formula is C19H40NO6P. The summed E-state index contributed by atoms with van der Waals surface area (Å²) in [4.78, 5) is 24.3. The monoisotopic (exact) mass is 409 g/mol. The first-order chi connectivity index (χ1) is 12.1. The molecule has 0 radical (unpaired) electrons. The summed E-state index contributed by atoms with van der Waals surface area (Å²) in [6.07, 6.45) is 1.64. The van der Waals surface area contributed by atoms with Crippen LogP contribution in [0.2, 0.25) is 0 Å². The number of ether oxygens (including phenoxy) is 1. The van der Waals surface area contributed by atoms with E-state index in [0.29, 0.717) is 13.0 Å². The number of nitrogens with zero attached hydrogens (tertiary/aromatic N) is 1. The van der Waals surface area contributed by atoms with Crippen molar-refractivity contribution in [3.05, 3.63) is 0 Å². The molecule has 1 N–H and O–H groups in total. The second-order valence-corrected chi connectivity index (χ2v) is 10.8. The average Bonchev–Trinajstić information content (AvgIpc) is 2.49. The van der Waals surface area contributed by atoms with Gasteiger partial charge >= 0.3 is 13.8 Å². The molecule has 0 aromatic heterocycles. The van der Waals surface area contributed by atoms with Crippen LogP contribution in [0, 0.1) is 16.2 Å². The van der Waals surface area contributed by atoms with Crippen molar-refractivity contribution in [2.45, 2.75) is 61.3 Å². The number of hydrogen-bond acceptors (Lipinski definition) is 6. The largest absolute Gasteiger partial charge is 0.472 e. The molecule has 0 saturated heterocycles. The molecule has 2 atom stereocenters. The first-order valence-electron chi connectivity index (χ1n) is 9.50. The number of phosphoric ester groups is 1. The van der Waals surface area contributed by atoms with Crippen molar-refractivity contribution in [3.8, 4) is 0 Å². The highest BCUT2D eigenvalue weighted by Crippen LogP contribution is 2.48. The van der Waals surface area contributed by atoms with Gasteiger partial charge in [0.15, 0.2) is 0 Å². The zero-order valence-corrected chi connectivity index (χ0v) is 19.5. The van der Waals surface area contributed by atoms with Crippen molar-refractivity contribution in [2.75, 3.05) is 40.5 Å². The van der Waals surface area contributed by atoms with Crippen LogP contribution in [0.3, 0.4) is 0 Å². The van der Waals surface area contributed by atoms with E-state index in [9.17, 15) is 14.3 Å². The van der Waals surface area contributed by atoms with Crippen LogP contribution in [0.4, 0.5) is 0 Å². The quantitative estimate of drug-likeness (QED) is 0.295. The standard InChI is InChI=1S/C19H40NO6P/c1-10-18(5,6)15-19(7,17(2,3)4)16(21)24-13-14-26-27(22,23)25-12-11-20(8)9/h10-15H2,1-9H3,(H,22,23). The molecule has 2 unspecified atom stereocenters. The molecule has 0 aromatic rings. The van der Waals surface area contributed by atoms with Crippen LogP contribution in [0.15, 0.2) is 0 Å². The lowest BCUT2D eigenvalue weighted by Crippen LogP contribution is -2.45. The second kappa shape index (κ2) is 10.4. The Hall–Kier alpha value is -0.460. The third kappa shape index (κ3) is 9.53. The first-order valence-corrected chi connectivity index (χ1v) is 11.0. The van der Waals surface area contributed by atoms with Gasteiger partial charge in [0.2, 0.25) is 0 Å². The van der Waals surface area contributed by atoms with Gasteiger partial charge in [0, 0.05) is 6.54 Å². The van der Waals surface area contributed by atoms with Crippen LogP contribution < -0.4 is 0 Å². The Bertz CT molecular complexity index is 515. The lowest BCUT2D eigenvalue weighted by molar-refractivity contribution is -0.166. The lowest BCUT2D eigenvalue weighted by atomic mass is 9.60. The minimum absolute atomic E-state index is 0.00136. The summed E-state index contributed by atoms with van der Waals surface area (Å²) in [5.74, 6) is -0.318. The number of esters is 1. The first kappa shape index (κ1) is 26.5. The molecule has 0 aromatic carbocycles. The van der Waals surface area contributed by atoms with Gasteiger partial charge in [-0.1, -0.05) is 48.0 Å². The summed E-state index contributed by atoms with van der Waals surface area (Å²) < 4.78 is 26.9. The highest BCUT2D eigenvalue weighted by atomic mass is 31.2. The van der Waals surface area contributed by atoms with Crippen LogP contribution >= 0.6 is 7.82 Å². The van der Waals surface area contributed by atoms with E-state index in [1.54, 1.807) is 0 Å². The summed E-state index contributed by atoms with van der Waals surface area (Å²) in [7, 11) is -0.475. The Kier molecular flexibility index (Phi) is 10.2. The predicted octanol–water partition coefficient (Wildman–Crippen LogP) is 4.10. The van der Waals surface area contributed by atoms with Gasteiger partial charge in [0.05, 0.1) is 18.6 Å². The lowest BCUT2D eigenvalue weighted by Gasteiger charge is -2.44. The van der Waals surface area contributed by atoms with Gasteiger partial charge in [-0.2, -0.15) is 0 Å². The zero-order valence-electron chi connectivity index (χ0n) is 18.6. The van der Waals surface area contributed by atoms with Crippen LogP contribution in [-0.4, -0.2) is 56.2 Å². The second-order valence-electron chi connectivity index (χ2n) is 9.35. The molecule has 162 valence electrons. The Labute approximate surface area is 165 Å². The van der Waals surface area contributed by atoms with E-state index >= 15 is 0 Å². The van der Waals surface area contributed by atoms with E-state index in [1.807, 2.05) is 46.7 Å². The smallest absolute Gasteiger partial charge is 0.463 e. The molecule has 0 aliphatic heterocycles. The van der Waals surface area contributed by atoms with Crippen molar-refractivity contribution < 1.29 is 28.0 Å². The Morgan fingerprint density at radius 1 is 1.00 bits per heavy atom. The fourth-order valence-corrected chi connectivity index (χ4v) is 3.24. The van der Waals surface area contributed by atoms with Gasteiger partial charge in [-0.3, -0.25) is 13.8 Å². The topological polar surface area (TPSA) is 85.3 Å². The van der Waals surface area contributed by atoms with Gasteiger partial charge in [-0.05, 0) is 38.3 Å². The highest BCUT2D eigenvalue weighted by molar-refractivity contribution is 7.47. The van der Waals surface area contributed by atoms with E-state index in [-0.39, 0.29) is 36.6 Å². The fraction of sp³-hybridized carbons (Fsp3) is 0.947. The normalized spacial score (nSPS) is 17.4. The molecule has 0 rings (SSSR count). The number of carbonyl (C=O) groups is 1. The molecule has 0 saturated carbocycles. The molecule has 0 bridgehead atoms. The Morgan fingerprint density at radius 3 is 1.96 bits per heavy atom. The number of phosphoric acid groups is 1. The third-order valence-electron chi connectivity index (χ3n) is 5.26. The summed E-state index contributed by atoms with van der Waals surface area (Å²) >= 11 is 0. The van der Waals surface area contributed by atoms with E-state index < -0.39 is 13.2 Å². The number of rotatable bonds is 12. The van der Waals surface area contributed by atoms with Crippen molar-refractivity contribution in [3.63, 3.8) is 0 Å². The molecule has 0 aliphatic rings. The average molecular weight is 410 g/mol. The molecule has 27 heavy (non-hydrogen) atoms. The van der Waals surface area contributed by atoms with Crippen molar-refractivity contribution in [2.24, 2.45) is 16.2 Å². The Morgan fingerprint density at radius 2 is 1.52 bits per heavy atom. The van der Waals surface area contributed by atoms with E-state index in [2.05, 4.69) is 20.8 Å². The molecule has 7 nitrogen and oxygen atoms in total. The number of likely N-dealkylation sites (N-methyl/N-ethyl adjacent to an activating group) is 1. The maximum atomic E-state index is 12.8. The highest BCUT2D eigenvalue weighted by Gasteiger charge is 2.48. The minimum atomic E-state index is -4.14. The van der Waals surface area contributed by atoms with Crippen molar-refractivity contribution in [1.29, 1.82) is 0 Å². The van der Waals surface area contributed by atoms with Gasteiger partial charge in [0.1, 0.15) is 6.61 Å². The van der Waals surface area contributed by atoms with E-state index in [1.165, 1.54) is 0 Å². The minimum Gasteiger partial charge on any atom is -0.463 e. The van der Waals surface area contributed by atoms with Crippen LogP contribution in [0.5, 0.6) is 0 Å². The van der Waals surface area contributed by atoms with Crippen LogP contribution in [0.25, 0.3) is 0 Å². The van der Waals surface area contributed by atoms with Crippen molar-refractivity contribution in [1.82, 2.24) is 4.90 Å². The van der Waals surface area contributed by atoms with E-state index in [0.717, 1.165) is 6.42 Å². The van der Waals surface area contributed by atoms with Gasteiger partial charge in [-0.25, -0.2) is 4.57 Å². The fourth-order valence-electron chi connectivity index (χ4n) is 2.55. The SMILES string of the molecule is CCC(C)(C)CC(C)(C(=O)OCCOP(=O)(O)OCCN(C)C)C(C)(C)C. The number of carbonyl (C=O) groups excluding carboxylic acids is 1. The molecule has 0 fully saturated rings. The molecule has 8 heteroatoms. The van der Waals surface area contributed by atoms with E-state index in [4.69, 9.17) is 13.8 Å². The van der Waals surface area contributed by atoms with Gasteiger partial charge < -0.3 is 14.5 Å². The summed E-state index contributed by atoms with van der Waals surface area (Å²) in [6.45, 7) is 14.7. The third-order valence-corrected chi connectivity index (χ3v) is 6.28. The molecule has 0 amide bonds. The summed E-state index contributed by atoms with van der Waals surface area (Å²) in [6, 6.07) is 0. The number of hydrogen-bond donors (Lipinski definition) is 1. The summed E-state index contributed by atoms with van der Waals surface area (Å²) in [5, 5.41) is 0. The molecule has 0 aliphatic carbocycles. The molecular weight excluding hydrogens is 369 g/mol. The molecule has 0 spiro atoms. The maximum absolute atomic E-state index is 12.8. The molecule has 0 heterocycles. The van der Waals surface area contributed by atoms with Crippen molar-refractivity contribution >= 4 is 13.8 Å². The zero-order chi connectivity index (χ0) is 21.5. The van der Waals surface area contributed by atoms with Gasteiger partial charge in [0.25, 0.3) is 0 Å². The Balaban J connectivity index is 4.69. The maximum Gasteiger partial charge on any atom is 0.472 e. The summed E-state index contributed by atoms with van der Waals surface area (Å²) in [5.41, 5.74) is -0.977.